The van der Waals surface area contributed by atoms with Gasteiger partial charge in [-0.15, -0.1) is 0 Å². The predicted octanol–water partition coefficient (Wildman–Crippen LogP) is 0.966. The molecule has 0 aromatic heterocycles. The van der Waals surface area contributed by atoms with Gasteiger partial charge in [0.05, 0.1) is 16.7 Å². The Bertz CT molecular complexity index is 557. The number of hydrogen-bond acceptors (Lipinski definition) is 5. The number of nitrogens with zero attached hydrogens (tertiary/aromatic N) is 2. The minimum absolute atomic E-state index is 0.0642. The lowest BCUT2D eigenvalue weighted by molar-refractivity contribution is 0.0488. The van der Waals surface area contributed by atoms with Crippen LogP contribution in [-0.2, 0) is 0 Å². The van der Waals surface area contributed by atoms with Crippen molar-refractivity contribution in [2.45, 2.75) is 19.4 Å². The monoisotopic (exact) mass is 229 g/mol. The van der Waals surface area contributed by atoms with E-state index in [1.54, 1.807) is 6.07 Å². The van der Waals surface area contributed by atoms with Crippen LogP contribution in [0.25, 0.3) is 0 Å². The van der Waals surface area contributed by atoms with Gasteiger partial charge in [-0.2, -0.15) is 10.5 Å². The normalized spacial score (nSPS) is 10.4. The highest BCUT2D eigenvalue weighted by molar-refractivity contribution is 6.08. The van der Waals surface area contributed by atoms with E-state index in [1.165, 1.54) is 26.0 Å². The van der Waals surface area contributed by atoms with Crippen LogP contribution in [0.2, 0.25) is 0 Å². The number of benzene rings is 1. The van der Waals surface area contributed by atoms with Gasteiger partial charge in [0.1, 0.15) is 17.7 Å². The fourth-order valence-electron chi connectivity index (χ4n) is 1.38. The Morgan fingerprint density at radius 3 is 2.35 bits per heavy atom. The van der Waals surface area contributed by atoms with Crippen molar-refractivity contribution in [3.63, 3.8) is 0 Å². The lowest BCUT2D eigenvalue weighted by Crippen LogP contribution is -2.32. The van der Waals surface area contributed by atoms with Gasteiger partial charge in [0.15, 0.2) is 5.78 Å². The Morgan fingerprint density at radius 1 is 1.35 bits per heavy atom. The number of carbonyl (C=O) groups is 1. The summed E-state index contributed by atoms with van der Waals surface area (Å²) in [5.41, 5.74) is 3.93. The molecule has 1 aromatic carbocycles. The molecule has 0 spiro atoms. The fourth-order valence-corrected chi connectivity index (χ4v) is 1.38. The third kappa shape index (κ3) is 2.25. The molecule has 0 unspecified atom stereocenters. The Hall–Kier alpha value is -2.37. The lowest BCUT2D eigenvalue weighted by Gasteiger charge is -2.18. The van der Waals surface area contributed by atoms with E-state index in [9.17, 15) is 9.90 Å². The second-order valence-corrected chi connectivity index (χ2v) is 4.06. The molecule has 0 atom stereocenters. The van der Waals surface area contributed by atoms with E-state index in [0.717, 1.165) is 0 Å². The third-order valence-corrected chi connectivity index (χ3v) is 2.25. The first-order chi connectivity index (χ1) is 7.82. The Kier molecular flexibility index (Phi) is 3.17. The SMILES string of the molecule is CC(C)(O)C(=O)c1c(N)ccc(C#N)c1C#N. The van der Waals surface area contributed by atoms with Gasteiger partial charge >= 0.3 is 0 Å². The molecule has 0 saturated heterocycles. The number of anilines is 1. The summed E-state index contributed by atoms with van der Waals surface area (Å²) < 4.78 is 0. The maximum Gasteiger partial charge on any atom is 0.197 e. The van der Waals surface area contributed by atoms with E-state index in [1.807, 2.05) is 6.07 Å². The maximum atomic E-state index is 11.9. The van der Waals surface area contributed by atoms with E-state index < -0.39 is 11.4 Å². The van der Waals surface area contributed by atoms with Gasteiger partial charge in [-0.25, -0.2) is 0 Å². The zero-order valence-corrected chi connectivity index (χ0v) is 9.48. The zero-order valence-electron chi connectivity index (χ0n) is 9.48. The van der Waals surface area contributed by atoms with Gasteiger partial charge in [-0.05, 0) is 26.0 Å². The first-order valence-corrected chi connectivity index (χ1v) is 4.82. The minimum Gasteiger partial charge on any atom is -0.398 e. The molecule has 0 heterocycles. The largest absolute Gasteiger partial charge is 0.398 e. The van der Waals surface area contributed by atoms with Crippen LogP contribution in [0.15, 0.2) is 12.1 Å². The van der Waals surface area contributed by atoms with E-state index in [0.29, 0.717) is 0 Å². The Labute approximate surface area is 98.7 Å². The number of hydrogen-bond donors (Lipinski definition) is 2. The van der Waals surface area contributed by atoms with Gasteiger partial charge < -0.3 is 10.8 Å². The van der Waals surface area contributed by atoms with Gasteiger partial charge in [-0.3, -0.25) is 4.79 Å². The van der Waals surface area contributed by atoms with E-state index in [4.69, 9.17) is 16.3 Å². The number of rotatable bonds is 2. The van der Waals surface area contributed by atoms with Gasteiger partial charge in [-0.1, -0.05) is 0 Å². The second kappa shape index (κ2) is 4.25. The van der Waals surface area contributed by atoms with E-state index in [2.05, 4.69) is 0 Å². The first kappa shape index (κ1) is 12.7. The predicted molar refractivity (Wildman–Crippen MR) is 60.9 cm³/mol. The summed E-state index contributed by atoms with van der Waals surface area (Å²) in [6.45, 7) is 2.60. The molecule has 3 N–H and O–H groups in total. The Morgan fingerprint density at radius 2 is 1.94 bits per heavy atom. The molecule has 0 fully saturated rings. The molecule has 0 aliphatic carbocycles. The average molecular weight is 229 g/mol. The Balaban J connectivity index is 3.60. The molecule has 0 amide bonds. The quantitative estimate of drug-likeness (QED) is 0.579. The average Bonchev–Trinajstić information content (AvgIpc) is 2.26. The highest BCUT2D eigenvalue weighted by Crippen LogP contribution is 2.25. The zero-order chi connectivity index (χ0) is 13.2. The van der Waals surface area contributed by atoms with Gasteiger partial charge in [0, 0.05) is 5.69 Å². The van der Waals surface area contributed by atoms with Crippen LogP contribution in [0.1, 0.15) is 35.3 Å². The summed E-state index contributed by atoms with van der Waals surface area (Å²) in [4.78, 5) is 11.9. The van der Waals surface area contributed by atoms with Crippen molar-refractivity contribution < 1.29 is 9.90 Å². The number of Topliss-reactive ketones (excluding diaryl/α,β-unsaturated/α-hetero) is 1. The summed E-state index contributed by atoms with van der Waals surface area (Å²) in [5.74, 6) is -0.677. The standard InChI is InChI=1S/C12H11N3O2/c1-12(2,17)11(16)10-8(6-14)7(5-13)3-4-9(10)15/h3-4,17H,15H2,1-2H3. The van der Waals surface area contributed by atoms with Crippen molar-refractivity contribution in [1.29, 1.82) is 10.5 Å². The summed E-state index contributed by atoms with van der Waals surface area (Å²) in [7, 11) is 0. The van der Waals surface area contributed by atoms with Crippen LogP contribution in [0.3, 0.4) is 0 Å². The molecule has 5 nitrogen and oxygen atoms in total. The molecule has 17 heavy (non-hydrogen) atoms. The van der Waals surface area contributed by atoms with Crippen molar-refractivity contribution >= 4 is 11.5 Å². The molecule has 1 rings (SSSR count). The summed E-state index contributed by atoms with van der Waals surface area (Å²) in [5, 5.41) is 27.5. The molecule has 0 aliphatic rings. The number of nitriles is 2. The molecule has 5 heteroatoms. The number of aliphatic hydroxyl groups is 1. The molecule has 0 saturated carbocycles. The summed E-state index contributed by atoms with van der Waals surface area (Å²) in [6.07, 6.45) is 0. The van der Waals surface area contributed by atoms with Gasteiger partial charge in [0.2, 0.25) is 0 Å². The number of nitrogens with two attached hydrogens (primary N) is 1. The smallest absolute Gasteiger partial charge is 0.197 e. The lowest BCUT2D eigenvalue weighted by atomic mass is 9.90. The number of carbonyl (C=O) groups excluding carboxylic acids is 1. The molecule has 1 aromatic rings. The molecule has 0 bridgehead atoms. The topological polar surface area (TPSA) is 111 Å². The van der Waals surface area contributed by atoms with Crippen LogP contribution in [0, 0.1) is 22.7 Å². The molecule has 86 valence electrons. The van der Waals surface area contributed by atoms with Gasteiger partial charge in [0.25, 0.3) is 0 Å². The fraction of sp³-hybridized carbons (Fsp3) is 0.250. The van der Waals surface area contributed by atoms with Crippen molar-refractivity contribution in [3.8, 4) is 12.1 Å². The summed E-state index contributed by atoms with van der Waals surface area (Å²) >= 11 is 0. The first-order valence-electron chi connectivity index (χ1n) is 4.82. The van der Waals surface area contributed by atoms with Crippen LogP contribution >= 0.6 is 0 Å². The van der Waals surface area contributed by atoms with E-state index >= 15 is 0 Å². The third-order valence-electron chi connectivity index (χ3n) is 2.25. The molecular formula is C12H11N3O2. The van der Waals surface area contributed by atoms with Crippen molar-refractivity contribution in [2.75, 3.05) is 5.73 Å². The van der Waals surface area contributed by atoms with Crippen LogP contribution in [0.5, 0.6) is 0 Å². The van der Waals surface area contributed by atoms with Crippen molar-refractivity contribution in [1.82, 2.24) is 0 Å². The van der Waals surface area contributed by atoms with Crippen molar-refractivity contribution in [3.05, 3.63) is 28.8 Å². The van der Waals surface area contributed by atoms with Crippen LogP contribution < -0.4 is 5.73 Å². The number of ketones is 1. The number of nitrogen functional groups attached to an aromatic ring is 1. The highest BCUT2D eigenvalue weighted by atomic mass is 16.3. The minimum atomic E-state index is -1.65. The molecule has 0 aliphatic heterocycles. The van der Waals surface area contributed by atoms with Crippen molar-refractivity contribution in [2.24, 2.45) is 0 Å². The van der Waals surface area contributed by atoms with E-state index in [-0.39, 0.29) is 22.4 Å². The van der Waals surface area contributed by atoms with Crippen LogP contribution in [-0.4, -0.2) is 16.5 Å². The second-order valence-electron chi connectivity index (χ2n) is 4.06. The van der Waals surface area contributed by atoms with Crippen LogP contribution in [0.4, 0.5) is 5.69 Å². The molecular weight excluding hydrogens is 218 g/mol. The molecule has 0 radical (unpaired) electrons. The maximum absolute atomic E-state index is 11.9. The highest BCUT2D eigenvalue weighted by Gasteiger charge is 2.30. The summed E-state index contributed by atoms with van der Waals surface area (Å²) in [6, 6.07) is 6.33.